The third-order valence-electron chi connectivity index (χ3n) is 11.4. The fourth-order valence-electron chi connectivity index (χ4n) is 8.05. The van der Waals surface area contributed by atoms with E-state index >= 15 is 0 Å². The van der Waals surface area contributed by atoms with E-state index in [1.54, 1.807) is 4.90 Å². The van der Waals surface area contributed by atoms with Crippen LogP contribution in [0.2, 0.25) is 0 Å². The fraction of sp³-hybridized carbons (Fsp3) is 0.649. The molecule has 3 heterocycles. The molecule has 5 amide bonds. The van der Waals surface area contributed by atoms with Gasteiger partial charge in [-0.2, -0.15) is 0 Å². The maximum atomic E-state index is 14.4. The zero-order valence-electron chi connectivity index (χ0n) is 29.4. The van der Waals surface area contributed by atoms with Crippen LogP contribution in [0.5, 0.6) is 0 Å². The van der Waals surface area contributed by atoms with Gasteiger partial charge in [-0.05, 0) is 81.8 Å². The van der Waals surface area contributed by atoms with Crippen LogP contribution < -0.4 is 15.4 Å². The zero-order chi connectivity index (χ0) is 36.5. The summed E-state index contributed by atoms with van der Waals surface area (Å²) in [5.41, 5.74) is 0.683. The Kier molecular flexibility index (Phi) is 10.5. The van der Waals surface area contributed by atoms with Crippen LogP contribution in [0.4, 0.5) is 9.59 Å². The van der Waals surface area contributed by atoms with Crippen LogP contribution in [0.25, 0.3) is 0 Å². The predicted octanol–water partition coefficient (Wildman–Crippen LogP) is 3.19. The summed E-state index contributed by atoms with van der Waals surface area (Å²) in [4.78, 5) is 71.7. The SMILES string of the molecule is O=C(N[C@H]1CCCCC/C=C/[C@@H]2C[C@@]2(C(=O)NS(=O)(=O)C2CC2)NC(=O)[C@@H]2C[C@@H](OC(=O)N3CCc4ccccc4C3)CN2C1=O)OC1CCCC1. The third kappa shape index (κ3) is 8.08. The largest absolute Gasteiger partial charge is 0.446 e. The average molecular weight is 740 g/mol. The van der Waals surface area contributed by atoms with Gasteiger partial charge in [0.1, 0.15) is 29.8 Å². The lowest BCUT2D eigenvalue weighted by Crippen LogP contribution is -2.58. The van der Waals surface area contributed by atoms with Gasteiger partial charge in [0.05, 0.1) is 11.8 Å². The number of hydrogen-bond donors (Lipinski definition) is 3. The summed E-state index contributed by atoms with van der Waals surface area (Å²) in [5, 5.41) is 4.98. The Bertz CT molecular complexity index is 1710. The van der Waals surface area contributed by atoms with Gasteiger partial charge in [0.2, 0.25) is 21.8 Å². The summed E-state index contributed by atoms with van der Waals surface area (Å²) in [7, 11) is -3.89. The minimum Gasteiger partial charge on any atom is -0.446 e. The van der Waals surface area contributed by atoms with E-state index in [-0.39, 0.29) is 25.5 Å². The van der Waals surface area contributed by atoms with Gasteiger partial charge in [-0.1, -0.05) is 49.3 Å². The van der Waals surface area contributed by atoms with Gasteiger partial charge < -0.3 is 29.9 Å². The lowest BCUT2D eigenvalue weighted by Gasteiger charge is -2.30. The molecule has 3 aliphatic carbocycles. The standard InChI is InChI=1S/C37H49N5O9S/c43-32-31-20-28(51-36(47)41-19-18-24-10-6-7-11-25(24)22-41)23-42(31)33(44)30(38-35(46)50-27-13-8-9-14-27)15-5-3-1-2-4-12-26-21-37(26,39-32)34(45)40-52(48,49)29-16-17-29/h4,6-7,10-12,26-31H,1-3,5,8-9,13-23H2,(H,38,46)(H,39,43)(H,40,45)/b12-4+/t26-,28-,30+,31+,37-/m1/s1. The van der Waals surface area contributed by atoms with E-state index in [2.05, 4.69) is 15.4 Å². The molecular weight excluding hydrogens is 690 g/mol. The van der Waals surface area contributed by atoms with Crippen molar-refractivity contribution in [3.63, 3.8) is 0 Å². The van der Waals surface area contributed by atoms with E-state index in [0.717, 1.165) is 44.1 Å². The number of allylic oxidation sites excluding steroid dienone is 1. The van der Waals surface area contributed by atoms with Crippen molar-refractivity contribution in [2.24, 2.45) is 5.92 Å². The Balaban J connectivity index is 1.12. The molecule has 1 aromatic rings. The van der Waals surface area contributed by atoms with Crippen molar-refractivity contribution in [2.45, 2.75) is 132 Å². The topological polar surface area (TPSA) is 181 Å². The quantitative estimate of drug-likeness (QED) is 0.370. The summed E-state index contributed by atoms with van der Waals surface area (Å²) in [6, 6.07) is 5.74. The van der Waals surface area contributed by atoms with Gasteiger partial charge in [0.25, 0.3) is 5.91 Å². The second-order valence-electron chi connectivity index (χ2n) is 15.2. The normalized spacial score (nSPS) is 30.4. The van der Waals surface area contributed by atoms with Crippen molar-refractivity contribution < 1.29 is 41.9 Å². The van der Waals surface area contributed by atoms with Crippen LogP contribution in [0.1, 0.15) is 94.6 Å². The number of carbonyl (C=O) groups is 5. The van der Waals surface area contributed by atoms with Crippen LogP contribution >= 0.6 is 0 Å². The number of fused-ring (bicyclic) bond motifs is 3. The van der Waals surface area contributed by atoms with Crippen LogP contribution in [-0.4, -0.2) is 96.3 Å². The fourth-order valence-corrected chi connectivity index (χ4v) is 9.41. The lowest BCUT2D eigenvalue weighted by atomic mass is 10.0. The second kappa shape index (κ2) is 15.1. The highest BCUT2D eigenvalue weighted by Gasteiger charge is 2.62. The summed E-state index contributed by atoms with van der Waals surface area (Å²) in [6.45, 7) is 0.738. The summed E-state index contributed by atoms with van der Waals surface area (Å²) in [6.07, 6.45) is 9.95. The number of amides is 5. The highest BCUT2D eigenvalue weighted by atomic mass is 32.2. The van der Waals surface area contributed by atoms with Crippen molar-refractivity contribution in [1.29, 1.82) is 0 Å². The molecule has 1 saturated heterocycles. The lowest BCUT2D eigenvalue weighted by molar-refractivity contribution is -0.141. The number of benzene rings is 1. The third-order valence-corrected chi connectivity index (χ3v) is 13.2. The van der Waals surface area contributed by atoms with Crippen molar-refractivity contribution in [2.75, 3.05) is 13.1 Å². The predicted molar refractivity (Wildman–Crippen MR) is 188 cm³/mol. The maximum absolute atomic E-state index is 14.4. The van der Waals surface area contributed by atoms with E-state index < -0.39 is 74.8 Å². The van der Waals surface area contributed by atoms with Gasteiger partial charge in [-0.3, -0.25) is 19.1 Å². The Morgan fingerprint density at radius 1 is 0.904 bits per heavy atom. The van der Waals surface area contributed by atoms with Crippen LogP contribution in [0.15, 0.2) is 36.4 Å². The summed E-state index contributed by atoms with van der Waals surface area (Å²) < 4.78 is 39.3. The molecular formula is C37H49N5O9S. The summed E-state index contributed by atoms with van der Waals surface area (Å²) in [5.74, 6) is -2.40. The first-order chi connectivity index (χ1) is 25.0. The molecule has 15 heteroatoms. The molecule has 3 N–H and O–H groups in total. The monoisotopic (exact) mass is 739 g/mol. The summed E-state index contributed by atoms with van der Waals surface area (Å²) >= 11 is 0. The smallest absolute Gasteiger partial charge is 0.410 e. The number of hydrogen-bond acceptors (Lipinski definition) is 9. The van der Waals surface area contributed by atoms with Crippen molar-refractivity contribution >= 4 is 39.9 Å². The Morgan fingerprint density at radius 2 is 1.65 bits per heavy atom. The maximum Gasteiger partial charge on any atom is 0.410 e. The van der Waals surface area contributed by atoms with E-state index in [1.165, 1.54) is 10.5 Å². The Morgan fingerprint density at radius 3 is 2.42 bits per heavy atom. The highest BCUT2D eigenvalue weighted by Crippen LogP contribution is 2.46. The van der Waals surface area contributed by atoms with E-state index in [0.29, 0.717) is 51.6 Å². The average Bonchev–Trinajstić information content (AvgIpc) is 4.00. The first kappa shape index (κ1) is 36.2. The number of rotatable bonds is 6. The molecule has 1 aromatic carbocycles. The second-order valence-corrected chi connectivity index (χ2v) is 17.2. The van der Waals surface area contributed by atoms with Crippen LogP contribution in [0, 0.1) is 5.92 Å². The zero-order valence-corrected chi connectivity index (χ0v) is 30.2. The van der Waals surface area contributed by atoms with Crippen molar-refractivity contribution in [3.8, 4) is 0 Å². The minimum atomic E-state index is -3.89. The molecule has 0 spiro atoms. The first-order valence-electron chi connectivity index (χ1n) is 18.9. The molecule has 0 bridgehead atoms. The molecule has 3 aliphatic heterocycles. The highest BCUT2D eigenvalue weighted by molar-refractivity contribution is 7.91. The van der Waals surface area contributed by atoms with Gasteiger partial charge >= 0.3 is 12.2 Å². The number of nitrogens with one attached hydrogen (secondary N) is 3. The molecule has 7 rings (SSSR count). The van der Waals surface area contributed by atoms with Crippen LogP contribution in [-0.2, 0) is 46.8 Å². The number of ether oxygens (including phenoxy) is 2. The molecule has 4 fully saturated rings. The molecule has 6 aliphatic rings. The molecule has 5 atom stereocenters. The molecule has 0 aromatic heterocycles. The van der Waals surface area contributed by atoms with Gasteiger partial charge in [0, 0.05) is 25.4 Å². The van der Waals surface area contributed by atoms with Gasteiger partial charge in [0.15, 0.2) is 0 Å². The number of sulfonamides is 1. The van der Waals surface area contributed by atoms with E-state index in [9.17, 15) is 32.4 Å². The van der Waals surface area contributed by atoms with Crippen molar-refractivity contribution in [3.05, 3.63) is 47.5 Å². The Hall–Kier alpha value is -4.14. The molecule has 3 saturated carbocycles. The number of alkyl carbamates (subject to hydrolysis) is 1. The Labute approximate surface area is 304 Å². The molecule has 14 nitrogen and oxygen atoms in total. The van der Waals surface area contributed by atoms with Crippen molar-refractivity contribution in [1.82, 2.24) is 25.2 Å². The van der Waals surface area contributed by atoms with Gasteiger partial charge in [-0.15, -0.1) is 0 Å². The molecule has 52 heavy (non-hydrogen) atoms. The first-order valence-corrected chi connectivity index (χ1v) is 20.4. The number of nitrogens with zero attached hydrogens (tertiary/aromatic N) is 2. The van der Waals surface area contributed by atoms with Gasteiger partial charge in [-0.25, -0.2) is 18.0 Å². The molecule has 0 radical (unpaired) electrons. The van der Waals surface area contributed by atoms with E-state index in [1.807, 2.05) is 36.4 Å². The number of carbonyl (C=O) groups excluding carboxylic acids is 5. The van der Waals surface area contributed by atoms with E-state index in [4.69, 9.17) is 9.47 Å². The minimum absolute atomic E-state index is 0.0362. The molecule has 0 unspecified atom stereocenters. The van der Waals surface area contributed by atoms with Crippen LogP contribution in [0.3, 0.4) is 0 Å². The molecule has 282 valence electrons.